The predicted octanol–water partition coefficient (Wildman–Crippen LogP) is 1.56. The lowest BCUT2D eigenvalue weighted by Gasteiger charge is -2.32. The third kappa shape index (κ3) is 2.82. The molecule has 0 unspecified atom stereocenters. The number of aryl methyl sites for hydroxylation is 1. The number of hydrogen-bond acceptors (Lipinski definition) is 5. The molecule has 0 amide bonds. The highest BCUT2D eigenvalue weighted by Gasteiger charge is 2.34. The van der Waals surface area contributed by atoms with Crippen LogP contribution in [0.4, 0.5) is 0 Å². The fourth-order valence-electron chi connectivity index (χ4n) is 2.92. The summed E-state index contributed by atoms with van der Waals surface area (Å²) in [5.74, 6) is 1.71. The minimum absolute atomic E-state index is 0.414. The Morgan fingerprint density at radius 2 is 2.09 bits per heavy atom. The van der Waals surface area contributed by atoms with Gasteiger partial charge in [0.25, 0.3) is 0 Å². The molecule has 1 aromatic carbocycles. The van der Waals surface area contributed by atoms with E-state index >= 15 is 0 Å². The number of nitrogens with zero attached hydrogens (tertiary/aromatic N) is 2. The van der Waals surface area contributed by atoms with Gasteiger partial charge in [0.2, 0.25) is 0 Å². The fourth-order valence-corrected chi connectivity index (χ4v) is 2.92. The van der Waals surface area contributed by atoms with Crippen molar-refractivity contribution in [2.24, 2.45) is 12.8 Å². The summed E-state index contributed by atoms with van der Waals surface area (Å²) in [7, 11) is 3.67. The average Bonchev–Trinajstić information content (AvgIpc) is 2.86. The van der Waals surface area contributed by atoms with Gasteiger partial charge in [0.15, 0.2) is 0 Å². The third-order valence-corrected chi connectivity index (χ3v) is 4.24. The summed E-state index contributed by atoms with van der Waals surface area (Å²) >= 11 is 0. The largest absolute Gasteiger partial charge is 0.491 e. The number of methoxy groups -OCH3 is 1. The van der Waals surface area contributed by atoms with Crippen molar-refractivity contribution in [3.8, 4) is 5.75 Å². The van der Waals surface area contributed by atoms with Gasteiger partial charge in [-0.25, -0.2) is 4.98 Å². The SMILES string of the molecule is COCCOc1ccc2c(c1)nc(C1(N)CCOCC1)n2C. The van der Waals surface area contributed by atoms with Crippen molar-refractivity contribution in [1.29, 1.82) is 0 Å². The zero-order chi connectivity index (χ0) is 15.6. The van der Waals surface area contributed by atoms with Crippen LogP contribution in [-0.2, 0) is 22.1 Å². The van der Waals surface area contributed by atoms with Crippen molar-refractivity contribution < 1.29 is 14.2 Å². The van der Waals surface area contributed by atoms with Crippen LogP contribution in [0, 0.1) is 0 Å². The summed E-state index contributed by atoms with van der Waals surface area (Å²) < 4.78 is 18.2. The Bertz CT molecular complexity index is 647. The number of rotatable bonds is 5. The molecule has 1 aromatic heterocycles. The molecular weight excluding hydrogens is 282 g/mol. The lowest BCUT2D eigenvalue weighted by atomic mass is 9.90. The Labute approximate surface area is 130 Å². The van der Waals surface area contributed by atoms with E-state index in [9.17, 15) is 0 Å². The molecule has 120 valence electrons. The van der Waals surface area contributed by atoms with E-state index in [1.165, 1.54) is 0 Å². The van der Waals surface area contributed by atoms with Gasteiger partial charge in [-0.05, 0) is 25.0 Å². The van der Waals surface area contributed by atoms with Gasteiger partial charge < -0.3 is 24.5 Å². The first-order valence-electron chi connectivity index (χ1n) is 7.59. The number of imidazole rings is 1. The number of benzene rings is 1. The first-order valence-corrected chi connectivity index (χ1v) is 7.59. The lowest BCUT2D eigenvalue weighted by molar-refractivity contribution is 0.0484. The van der Waals surface area contributed by atoms with Gasteiger partial charge in [-0.1, -0.05) is 0 Å². The van der Waals surface area contributed by atoms with Crippen molar-refractivity contribution in [3.63, 3.8) is 0 Å². The standard InChI is InChI=1S/C16H23N3O3/c1-19-14-4-3-12(22-10-9-20-2)11-13(14)18-15(19)16(17)5-7-21-8-6-16/h3-4,11H,5-10,17H2,1-2H3. The molecule has 6 heteroatoms. The highest BCUT2D eigenvalue weighted by molar-refractivity contribution is 5.78. The second kappa shape index (κ2) is 6.24. The van der Waals surface area contributed by atoms with Crippen LogP contribution in [0.15, 0.2) is 18.2 Å². The normalized spacial score (nSPS) is 17.8. The first kappa shape index (κ1) is 15.3. The van der Waals surface area contributed by atoms with Crippen LogP contribution in [0.1, 0.15) is 18.7 Å². The Kier molecular flexibility index (Phi) is 4.33. The first-order chi connectivity index (χ1) is 10.6. The molecule has 1 aliphatic heterocycles. The van der Waals surface area contributed by atoms with Gasteiger partial charge in [-0.2, -0.15) is 0 Å². The van der Waals surface area contributed by atoms with E-state index in [1.807, 2.05) is 25.2 Å². The molecule has 3 rings (SSSR count). The summed E-state index contributed by atoms with van der Waals surface area (Å²) in [5.41, 5.74) is 8.12. The smallest absolute Gasteiger partial charge is 0.129 e. The average molecular weight is 305 g/mol. The molecule has 0 radical (unpaired) electrons. The molecule has 6 nitrogen and oxygen atoms in total. The van der Waals surface area contributed by atoms with Crippen LogP contribution in [0.2, 0.25) is 0 Å². The van der Waals surface area contributed by atoms with Crippen LogP contribution >= 0.6 is 0 Å². The molecule has 0 aliphatic carbocycles. The van der Waals surface area contributed by atoms with Gasteiger partial charge in [-0.15, -0.1) is 0 Å². The lowest BCUT2D eigenvalue weighted by Crippen LogP contribution is -2.44. The van der Waals surface area contributed by atoms with Crippen LogP contribution < -0.4 is 10.5 Å². The van der Waals surface area contributed by atoms with Crippen molar-refractivity contribution in [2.75, 3.05) is 33.5 Å². The second-order valence-electron chi connectivity index (χ2n) is 5.75. The maximum absolute atomic E-state index is 6.57. The van der Waals surface area contributed by atoms with E-state index in [4.69, 9.17) is 24.9 Å². The zero-order valence-corrected chi connectivity index (χ0v) is 13.2. The zero-order valence-electron chi connectivity index (χ0n) is 13.2. The van der Waals surface area contributed by atoms with Crippen molar-refractivity contribution in [2.45, 2.75) is 18.4 Å². The van der Waals surface area contributed by atoms with Crippen molar-refractivity contribution in [3.05, 3.63) is 24.0 Å². The highest BCUT2D eigenvalue weighted by Crippen LogP contribution is 2.31. The van der Waals surface area contributed by atoms with Crippen LogP contribution in [0.25, 0.3) is 11.0 Å². The number of aromatic nitrogens is 2. The van der Waals surface area contributed by atoms with Gasteiger partial charge in [0.05, 0.1) is 23.2 Å². The Morgan fingerprint density at radius 1 is 1.32 bits per heavy atom. The Balaban J connectivity index is 1.90. The molecule has 1 saturated heterocycles. The van der Waals surface area contributed by atoms with Gasteiger partial charge in [0, 0.05) is 33.4 Å². The highest BCUT2D eigenvalue weighted by atomic mass is 16.5. The maximum Gasteiger partial charge on any atom is 0.129 e. The van der Waals surface area contributed by atoms with Crippen LogP contribution in [0.5, 0.6) is 5.75 Å². The number of fused-ring (bicyclic) bond motifs is 1. The van der Waals surface area contributed by atoms with Gasteiger partial charge >= 0.3 is 0 Å². The van der Waals surface area contributed by atoms with E-state index in [0.29, 0.717) is 26.4 Å². The molecule has 22 heavy (non-hydrogen) atoms. The summed E-state index contributed by atoms with van der Waals surface area (Å²) in [4.78, 5) is 4.77. The third-order valence-electron chi connectivity index (χ3n) is 4.24. The van der Waals surface area contributed by atoms with Crippen molar-refractivity contribution >= 4 is 11.0 Å². The molecule has 1 fully saturated rings. The number of hydrogen-bond donors (Lipinski definition) is 1. The van der Waals surface area contributed by atoms with Gasteiger partial charge in [-0.3, -0.25) is 0 Å². The van der Waals surface area contributed by atoms with Crippen LogP contribution in [0.3, 0.4) is 0 Å². The van der Waals surface area contributed by atoms with Gasteiger partial charge in [0.1, 0.15) is 18.2 Å². The molecule has 0 spiro atoms. The van der Waals surface area contributed by atoms with Crippen LogP contribution in [-0.4, -0.2) is 43.1 Å². The quantitative estimate of drug-likeness (QED) is 0.849. The Morgan fingerprint density at radius 3 is 2.82 bits per heavy atom. The van der Waals surface area contributed by atoms with E-state index < -0.39 is 5.54 Å². The van der Waals surface area contributed by atoms with E-state index in [2.05, 4.69) is 4.57 Å². The summed E-state index contributed by atoms with van der Waals surface area (Å²) in [6.45, 7) is 2.47. The molecule has 1 aliphatic rings. The van der Waals surface area contributed by atoms with E-state index in [0.717, 1.165) is 35.4 Å². The minimum atomic E-state index is -0.414. The monoisotopic (exact) mass is 305 g/mol. The molecule has 2 heterocycles. The van der Waals surface area contributed by atoms with E-state index in [-0.39, 0.29) is 0 Å². The molecule has 2 aromatic rings. The minimum Gasteiger partial charge on any atom is -0.491 e. The molecule has 0 atom stereocenters. The molecular formula is C16H23N3O3. The van der Waals surface area contributed by atoms with E-state index in [1.54, 1.807) is 7.11 Å². The maximum atomic E-state index is 6.57. The number of nitrogens with two attached hydrogens (primary N) is 1. The van der Waals surface area contributed by atoms with Crippen molar-refractivity contribution in [1.82, 2.24) is 9.55 Å². The topological polar surface area (TPSA) is 71.5 Å². The Hall–Kier alpha value is -1.63. The molecule has 0 saturated carbocycles. The second-order valence-corrected chi connectivity index (χ2v) is 5.75. The molecule has 2 N–H and O–H groups in total. The summed E-state index contributed by atoms with van der Waals surface area (Å²) in [6.07, 6.45) is 1.59. The molecule has 0 bridgehead atoms. The predicted molar refractivity (Wildman–Crippen MR) is 84.0 cm³/mol. The summed E-state index contributed by atoms with van der Waals surface area (Å²) in [6, 6.07) is 5.93. The number of ether oxygens (including phenoxy) is 3. The fraction of sp³-hybridized carbons (Fsp3) is 0.562. The summed E-state index contributed by atoms with van der Waals surface area (Å²) in [5, 5.41) is 0.